The van der Waals surface area contributed by atoms with Crippen molar-refractivity contribution in [3.8, 4) is 11.3 Å². The molecule has 2 heterocycles. The summed E-state index contributed by atoms with van der Waals surface area (Å²) in [6.45, 7) is 2.65. The van der Waals surface area contributed by atoms with Gasteiger partial charge in [-0.05, 0) is 24.8 Å². The molecule has 0 radical (unpaired) electrons. The fourth-order valence-electron chi connectivity index (χ4n) is 2.67. The first-order valence-electron chi connectivity index (χ1n) is 7.76. The number of hydrogen-bond donors (Lipinski definition) is 1. The number of thiazole rings is 1. The first-order chi connectivity index (χ1) is 11.0. The lowest BCUT2D eigenvalue weighted by molar-refractivity contribution is 0.588. The van der Waals surface area contributed by atoms with E-state index >= 15 is 0 Å². The zero-order chi connectivity index (χ0) is 16.3. The van der Waals surface area contributed by atoms with Gasteiger partial charge < -0.3 is 4.90 Å². The van der Waals surface area contributed by atoms with Gasteiger partial charge in [0.15, 0.2) is 5.13 Å². The van der Waals surface area contributed by atoms with Crippen LogP contribution >= 0.6 is 11.3 Å². The van der Waals surface area contributed by atoms with Crippen LogP contribution in [0.4, 0.5) is 5.13 Å². The number of rotatable bonds is 6. The third-order valence-corrected chi connectivity index (χ3v) is 5.53. The molecule has 0 amide bonds. The lowest BCUT2D eigenvalue weighted by atomic mass is 10.1. The highest BCUT2D eigenvalue weighted by Gasteiger charge is 2.16. The van der Waals surface area contributed by atoms with Crippen molar-refractivity contribution in [2.24, 2.45) is 0 Å². The summed E-state index contributed by atoms with van der Waals surface area (Å²) in [5, 5.41) is 3.22. The molecule has 7 heteroatoms. The van der Waals surface area contributed by atoms with Gasteiger partial charge in [0.05, 0.1) is 11.9 Å². The molecule has 23 heavy (non-hydrogen) atoms. The summed E-state index contributed by atoms with van der Waals surface area (Å²) in [6.07, 6.45) is 4.37. The van der Waals surface area contributed by atoms with Gasteiger partial charge in [-0.2, -0.15) is 0 Å². The SMILES string of the molecule is CS(=O)(=O)NCCc1ccc(-c2csc(N3CCCC3)n2)cc1. The van der Waals surface area contributed by atoms with Gasteiger partial charge in [-0.25, -0.2) is 18.1 Å². The molecule has 0 bridgehead atoms. The Bertz CT molecular complexity index is 748. The molecule has 0 unspecified atom stereocenters. The Hall–Kier alpha value is -1.44. The van der Waals surface area contributed by atoms with Crippen molar-refractivity contribution < 1.29 is 8.42 Å². The van der Waals surface area contributed by atoms with Crippen molar-refractivity contribution in [2.45, 2.75) is 19.3 Å². The largest absolute Gasteiger partial charge is 0.348 e. The number of aromatic nitrogens is 1. The standard InChI is InChI=1S/C16H21N3O2S2/c1-23(20,21)17-9-8-13-4-6-14(7-5-13)15-12-22-16(18-15)19-10-2-3-11-19/h4-7,12,17H,2-3,8-11H2,1H3. The summed E-state index contributed by atoms with van der Waals surface area (Å²) in [4.78, 5) is 7.09. The lowest BCUT2D eigenvalue weighted by Gasteiger charge is -2.12. The van der Waals surface area contributed by atoms with Crippen molar-refractivity contribution in [2.75, 3.05) is 30.8 Å². The predicted octanol–water partition coefficient (Wildman–Crippen LogP) is 2.50. The first-order valence-corrected chi connectivity index (χ1v) is 10.5. The van der Waals surface area contributed by atoms with E-state index in [0.717, 1.165) is 35.0 Å². The summed E-state index contributed by atoms with van der Waals surface area (Å²) >= 11 is 1.70. The summed E-state index contributed by atoms with van der Waals surface area (Å²) in [5.41, 5.74) is 3.23. The van der Waals surface area contributed by atoms with Crippen LogP contribution < -0.4 is 9.62 Å². The maximum Gasteiger partial charge on any atom is 0.208 e. The Morgan fingerprint density at radius 2 is 1.91 bits per heavy atom. The second kappa shape index (κ2) is 6.98. The minimum absolute atomic E-state index is 0.425. The highest BCUT2D eigenvalue weighted by atomic mass is 32.2. The predicted molar refractivity (Wildman–Crippen MR) is 95.5 cm³/mol. The van der Waals surface area contributed by atoms with Crippen LogP contribution in [0.1, 0.15) is 18.4 Å². The molecule has 1 aliphatic heterocycles. The van der Waals surface area contributed by atoms with Gasteiger partial charge >= 0.3 is 0 Å². The Kier molecular flexibility index (Phi) is 4.99. The topological polar surface area (TPSA) is 62.3 Å². The number of nitrogens with zero attached hydrogens (tertiary/aromatic N) is 2. The van der Waals surface area contributed by atoms with E-state index in [4.69, 9.17) is 4.98 Å². The number of benzene rings is 1. The smallest absolute Gasteiger partial charge is 0.208 e. The van der Waals surface area contributed by atoms with Crippen molar-refractivity contribution in [1.82, 2.24) is 9.71 Å². The first kappa shape index (κ1) is 16.4. The average Bonchev–Trinajstić information content (AvgIpc) is 3.18. The highest BCUT2D eigenvalue weighted by molar-refractivity contribution is 7.88. The maximum atomic E-state index is 11.0. The molecule has 1 aliphatic rings. The Morgan fingerprint density at radius 3 is 2.57 bits per heavy atom. The number of anilines is 1. The van der Waals surface area contributed by atoms with Crippen LogP contribution in [0.2, 0.25) is 0 Å². The molecule has 0 spiro atoms. The van der Waals surface area contributed by atoms with E-state index < -0.39 is 10.0 Å². The summed E-state index contributed by atoms with van der Waals surface area (Å²) in [5.74, 6) is 0. The van der Waals surface area contributed by atoms with E-state index in [1.807, 2.05) is 12.1 Å². The monoisotopic (exact) mass is 351 g/mol. The van der Waals surface area contributed by atoms with Crippen LogP contribution in [-0.2, 0) is 16.4 Å². The number of nitrogens with one attached hydrogen (secondary N) is 1. The van der Waals surface area contributed by atoms with Gasteiger partial charge in [0, 0.05) is 30.6 Å². The molecule has 1 aromatic carbocycles. The van der Waals surface area contributed by atoms with Crippen molar-refractivity contribution >= 4 is 26.5 Å². The molecule has 1 fully saturated rings. The van der Waals surface area contributed by atoms with Crippen molar-refractivity contribution in [1.29, 1.82) is 0 Å². The van der Waals surface area contributed by atoms with Crippen LogP contribution in [-0.4, -0.2) is 39.3 Å². The van der Waals surface area contributed by atoms with E-state index in [-0.39, 0.29) is 0 Å². The molecule has 5 nitrogen and oxygen atoms in total. The minimum atomic E-state index is -3.11. The van der Waals surface area contributed by atoms with E-state index in [1.165, 1.54) is 19.1 Å². The quantitative estimate of drug-likeness (QED) is 0.869. The van der Waals surface area contributed by atoms with Gasteiger partial charge in [0.1, 0.15) is 0 Å². The van der Waals surface area contributed by atoms with Gasteiger partial charge in [0.25, 0.3) is 0 Å². The molecule has 0 aliphatic carbocycles. The Labute approximate surface area is 141 Å². The van der Waals surface area contributed by atoms with Gasteiger partial charge in [-0.15, -0.1) is 11.3 Å². The van der Waals surface area contributed by atoms with Crippen LogP contribution in [0.25, 0.3) is 11.3 Å². The van der Waals surface area contributed by atoms with E-state index in [2.05, 4.69) is 27.1 Å². The van der Waals surface area contributed by atoms with Gasteiger partial charge in [-0.1, -0.05) is 24.3 Å². The summed E-state index contributed by atoms with van der Waals surface area (Å²) in [7, 11) is -3.11. The van der Waals surface area contributed by atoms with Crippen molar-refractivity contribution in [3.63, 3.8) is 0 Å². The normalized spacial score (nSPS) is 15.3. The van der Waals surface area contributed by atoms with Gasteiger partial charge in [0.2, 0.25) is 10.0 Å². The number of sulfonamides is 1. The zero-order valence-electron chi connectivity index (χ0n) is 13.2. The van der Waals surface area contributed by atoms with E-state index in [9.17, 15) is 8.42 Å². The fourth-order valence-corrected chi connectivity index (χ4v) is 4.03. The van der Waals surface area contributed by atoms with E-state index in [0.29, 0.717) is 13.0 Å². The average molecular weight is 351 g/mol. The molecule has 0 saturated carbocycles. The summed E-state index contributed by atoms with van der Waals surface area (Å²) in [6, 6.07) is 8.18. The number of hydrogen-bond acceptors (Lipinski definition) is 5. The molecule has 3 rings (SSSR count). The molecule has 1 aromatic heterocycles. The third kappa shape index (κ3) is 4.53. The summed E-state index contributed by atoms with van der Waals surface area (Å²) < 4.78 is 24.6. The third-order valence-electron chi connectivity index (χ3n) is 3.90. The maximum absolute atomic E-state index is 11.0. The Morgan fingerprint density at radius 1 is 1.22 bits per heavy atom. The molecule has 0 atom stereocenters. The van der Waals surface area contributed by atoms with Crippen LogP contribution in [0.15, 0.2) is 29.6 Å². The second-order valence-electron chi connectivity index (χ2n) is 5.82. The van der Waals surface area contributed by atoms with Crippen molar-refractivity contribution in [3.05, 3.63) is 35.2 Å². The van der Waals surface area contributed by atoms with Gasteiger partial charge in [-0.3, -0.25) is 0 Å². The Balaban J connectivity index is 1.62. The molecular formula is C16H21N3O2S2. The van der Waals surface area contributed by atoms with E-state index in [1.54, 1.807) is 11.3 Å². The highest BCUT2D eigenvalue weighted by Crippen LogP contribution is 2.29. The minimum Gasteiger partial charge on any atom is -0.348 e. The molecule has 2 aromatic rings. The zero-order valence-corrected chi connectivity index (χ0v) is 14.8. The van der Waals surface area contributed by atoms with Crippen LogP contribution in [0.5, 0.6) is 0 Å². The molecule has 124 valence electrons. The fraction of sp³-hybridized carbons (Fsp3) is 0.438. The van der Waals surface area contributed by atoms with Crippen LogP contribution in [0, 0.1) is 0 Å². The molecule has 1 N–H and O–H groups in total. The molecule has 1 saturated heterocycles. The molecular weight excluding hydrogens is 330 g/mol. The lowest BCUT2D eigenvalue weighted by Crippen LogP contribution is -2.24. The van der Waals surface area contributed by atoms with Crippen LogP contribution in [0.3, 0.4) is 0 Å². The second-order valence-corrected chi connectivity index (χ2v) is 8.49.